The third kappa shape index (κ3) is 3.05. The fourth-order valence-corrected chi connectivity index (χ4v) is 3.29. The van der Waals surface area contributed by atoms with Gasteiger partial charge in [-0.05, 0) is 18.6 Å². The molecule has 1 aliphatic heterocycles. The van der Waals surface area contributed by atoms with Crippen LogP contribution < -0.4 is 15.4 Å². The van der Waals surface area contributed by atoms with E-state index in [0.29, 0.717) is 4.75 Å². The third-order valence-electron chi connectivity index (χ3n) is 3.42. The predicted octanol–water partition coefficient (Wildman–Crippen LogP) is 3.00. The van der Waals surface area contributed by atoms with Crippen LogP contribution in [0.25, 0.3) is 0 Å². The second-order valence-electron chi connectivity index (χ2n) is 5.27. The molecule has 2 N–H and O–H groups in total. The molecular weight excluding hydrogens is 244 g/mol. The van der Waals surface area contributed by atoms with Crippen LogP contribution >= 0.6 is 11.8 Å². The summed E-state index contributed by atoms with van der Waals surface area (Å²) in [5, 5.41) is 0. The summed E-state index contributed by atoms with van der Waals surface area (Å²) in [7, 11) is 1.69. The second kappa shape index (κ2) is 5.31. The van der Waals surface area contributed by atoms with Crippen molar-refractivity contribution in [3.63, 3.8) is 0 Å². The van der Waals surface area contributed by atoms with Gasteiger partial charge in [0, 0.05) is 29.7 Å². The summed E-state index contributed by atoms with van der Waals surface area (Å²) in [6, 6.07) is 5.88. The van der Waals surface area contributed by atoms with Gasteiger partial charge in [0.25, 0.3) is 0 Å². The Bertz CT molecular complexity index is 420. The number of hydrogen-bond acceptors (Lipinski definition) is 4. The SMILES string of the molecule is COc1ccc(N)c(N2CCSC(C)(C)CC2)c1. The average molecular weight is 266 g/mol. The number of methoxy groups -OCH3 is 1. The van der Waals surface area contributed by atoms with Gasteiger partial charge in [0.05, 0.1) is 18.5 Å². The van der Waals surface area contributed by atoms with E-state index < -0.39 is 0 Å². The first kappa shape index (κ1) is 13.4. The van der Waals surface area contributed by atoms with Crippen molar-refractivity contribution in [2.24, 2.45) is 0 Å². The van der Waals surface area contributed by atoms with Crippen molar-refractivity contribution in [1.29, 1.82) is 0 Å². The summed E-state index contributed by atoms with van der Waals surface area (Å²) in [6.07, 6.45) is 1.17. The van der Waals surface area contributed by atoms with E-state index in [1.165, 1.54) is 6.42 Å². The van der Waals surface area contributed by atoms with Crippen LogP contribution in [0.1, 0.15) is 20.3 Å². The van der Waals surface area contributed by atoms with Crippen LogP contribution in [-0.2, 0) is 0 Å². The molecule has 1 aromatic rings. The lowest BCUT2D eigenvalue weighted by Crippen LogP contribution is -2.27. The highest BCUT2D eigenvalue weighted by molar-refractivity contribution is 8.00. The zero-order valence-electron chi connectivity index (χ0n) is 11.4. The van der Waals surface area contributed by atoms with E-state index in [0.717, 1.165) is 36.0 Å². The Balaban J connectivity index is 2.20. The molecule has 0 unspecified atom stereocenters. The Kier molecular flexibility index (Phi) is 3.95. The molecule has 0 saturated carbocycles. The molecule has 2 rings (SSSR count). The van der Waals surface area contributed by atoms with Gasteiger partial charge in [0.1, 0.15) is 5.75 Å². The summed E-state index contributed by atoms with van der Waals surface area (Å²) < 4.78 is 5.65. The van der Waals surface area contributed by atoms with Crippen molar-refractivity contribution in [2.75, 3.05) is 36.6 Å². The molecule has 0 aliphatic carbocycles. The van der Waals surface area contributed by atoms with E-state index in [1.807, 2.05) is 30.0 Å². The molecule has 0 amide bonds. The van der Waals surface area contributed by atoms with Gasteiger partial charge in [-0.1, -0.05) is 13.8 Å². The number of hydrogen-bond donors (Lipinski definition) is 1. The fraction of sp³-hybridized carbons (Fsp3) is 0.571. The Hall–Kier alpha value is -1.03. The fourth-order valence-electron chi connectivity index (χ4n) is 2.19. The number of rotatable bonds is 2. The van der Waals surface area contributed by atoms with E-state index >= 15 is 0 Å². The quantitative estimate of drug-likeness (QED) is 0.835. The highest BCUT2D eigenvalue weighted by Gasteiger charge is 2.24. The van der Waals surface area contributed by atoms with Crippen LogP contribution in [0.5, 0.6) is 5.75 Å². The number of nitrogens with two attached hydrogens (primary N) is 1. The lowest BCUT2D eigenvalue weighted by molar-refractivity contribution is 0.415. The standard InChI is InChI=1S/C14H22N2OS/c1-14(2)6-7-16(8-9-18-14)13-10-11(17-3)4-5-12(13)15/h4-5,10H,6-9,15H2,1-3H3. The first-order chi connectivity index (χ1) is 8.52. The molecule has 0 atom stereocenters. The zero-order chi connectivity index (χ0) is 13.2. The van der Waals surface area contributed by atoms with Crippen molar-refractivity contribution in [3.05, 3.63) is 18.2 Å². The minimum absolute atomic E-state index is 0.363. The van der Waals surface area contributed by atoms with E-state index in [9.17, 15) is 0 Å². The normalized spacial score (nSPS) is 19.4. The first-order valence-corrected chi connectivity index (χ1v) is 7.33. The third-order valence-corrected chi connectivity index (χ3v) is 4.79. The van der Waals surface area contributed by atoms with Crippen LogP contribution in [-0.4, -0.2) is 30.7 Å². The summed E-state index contributed by atoms with van der Waals surface area (Å²) in [5.41, 5.74) is 8.03. The predicted molar refractivity (Wildman–Crippen MR) is 80.8 cm³/mol. The Morgan fingerprint density at radius 1 is 1.33 bits per heavy atom. The number of benzene rings is 1. The van der Waals surface area contributed by atoms with E-state index in [4.69, 9.17) is 10.5 Å². The molecule has 0 bridgehead atoms. The Morgan fingerprint density at radius 3 is 2.83 bits per heavy atom. The van der Waals surface area contributed by atoms with Crippen LogP contribution in [0.2, 0.25) is 0 Å². The van der Waals surface area contributed by atoms with E-state index in [-0.39, 0.29) is 0 Å². The van der Waals surface area contributed by atoms with E-state index in [1.54, 1.807) is 7.11 Å². The molecule has 0 radical (unpaired) electrons. The smallest absolute Gasteiger partial charge is 0.121 e. The number of anilines is 2. The molecule has 100 valence electrons. The number of ether oxygens (including phenoxy) is 1. The van der Waals surface area contributed by atoms with Gasteiger partial charge in [0.2, 0.25) is 0 Å². The van der Waals surface area contributed by atoms with Crippen LogP contribution in [0.15, 0.2) is 18.2 Å². The van der Waals surface area contributed by atoms with Gasteiger partial charge in [-0.2, -0.15) is 11.8 Å². The van der Waals surface area contributed by atoms with Gasteiger partial charge in [0.15, 0.2) is 0 Å². The minimum Gasteiger partial charge on any atom is -0.497 e. The zero-order valence-corrected chi connectivity index (χ0v) is 12.2. The van der Waals surface area contributed by atoms with Gasteiger partial charge in [-0.3, -0.25) is 0 Å². The lowest BCUT2D eigenvalue weighted by Gasteiger charge is -2.25. The van der Waals surface area contributed by atoms with Crippen LogP contribution in [0, 0.1) is 0 Å². The molecule has 4 heteroatoms. The Morgan fingerprint density at radius 2 is 2.11 bits per heavy atom. The number of nitrogen functional groups attached to an aromatic ring is 1. The van der Waals surface area contributed by atoms with Gasteiger partial charge < -0.3 is 15.4 Å². The number of thioether (sulfide) groups is 1. The van der Waals surface area contributed by atoms with Gasteiger partial charge in [-0.15, -0.1) is 0 Å². The molecule has 1 saturated heterocycles. The van der Waals surface area contributed by atoms with Crippen molar-refractivity contribution < 1.29 is 4.74 Å². The summed E-state index contributed by atoms with van der Waals surface area (Å²) in [6.45, 7) is 6.73. The molecule has 1 heterocycles. The summed E-state index contributed by atoms with van der Waals surface area (Å²) in [5.74, 6) is 2.01. The number of nitrogens with zero attached hydrogens (tertiary/aromatic N) is 1. The highest BCUT2D eigenvalue weighted by Crippen LogP contribution is 2.35. The molecule has 1 aromatic carbocycles. The maximum Gasteiger partial charge on any atom is 0.121 e. The van der Waals surface area contributed by atoms with Crippen LogP contribution in [0.3, 0.4) is 0 Å². The van der Waals surface area contributed by atoms with Crippen molar-refractivity contribution in [3.8, 4) is 5.75 Å². The van der Waals surface area contributed by atoms with Crippen LogP contribution in [0.4, 0.5) is 11.4 Å². The minimum atomic E-state index is 0.363. The summed E-state index contributed by atoms with van der Waals surface area (Å²) in [4.78, 5) is 2.37. The summed E-state index contributed by atoms with van der Waals surface area (Å²) >= 11 is 2.04. The average Bonchev–Trinajstić information content (AvgIpc) is 2.51. The maximum atomic E-state index is 6.09. The highest BCUT2D eigenvalue weighted by atomic mass is 32.2. The molecule has 0 spiro atoms. The Labute approximate surface area is 114 Å². The van der Waals surface area contributed by atoms with Crippen molar-refractivity contribution in [1.82, 2.24) is 0 Å². The van der Waals surface area contributed by atoms with Crippen molar-refractivity contribution >= 4 is 23.1 Å². The lowest BCUT2D eigenvalue weighted by atomic mass is 10.1. The van der Waals surface area contributed by atoms with Gasteiger partial charge >= 0.3 is 0 Å². The second-order valence-corrected chi connectivity index (χ2v) is 7.07. The van der Waals surface area contributed by atoms with E-state index in [2.05, 4.69) is 18.7 Å². The first-order valence-electron chi connectivity index (χ1n) is 6.34. The van der Waals surface area contributed by atoms with Crippen molar-refractivity contribution in [2.45, 2.75) is 25.0 Å². The maximum absolute atomic E-state index is 6.09. The molecule has 1 fully saturated rings. The molecule has 0 aromatic heterocycles. The monoisotopic (exact) mass is 266 g/mol. The molecule has 18 heavy (non-hydrogen) atoms. The molecule has 3 nitrogen and oxygen atoms in total. The molecular formula is C14H22N2OS. The topological polar surface area (TPSA) is 38.5 Å². The van der Waals surface area contributed by atoms with Gasteiger partial charge in [-0.25, -0.2) is 0 Å². The largest absolute Gasteiger partial charge is 0.497 e. The molecule has 1 aliphatic rings.